The summed E-state index contributed by atoms with van der Waals surface area (Å²) in [7, 11) is 1.76. The number of nitrogens with one attached hydrogen (secondary N) is 1. The molecule has 0 radical (unpaired) electrons. The Kier molecular flexibility index (Phi) is 4.84. The fourth-order valence-corrected chi connectivity index (χ4v) is 4.14. The van der Waals surface area contributed by atoms with Crippen LogP contribution in [0.3, 0.4) is 0 Å². The largest absolute Gasteiger partial charge is 0.497 e. The highest BCUT2D eigenvalue weighted by molar-refractivity contribution is 5.37. The van der Waals surface area contributed by atoms with Crippen molar-refractivity contribution in [3.8, 4) is 5.75 Å². The second-order valence-electron chi connectivity index (χ2n) is 6.93. The summed E-state index contributed by atoms with van der Waals surface area (Å²) in [5, 5.41) is 3.93. The predicted molar refractivity (Wildman–Crippen MR) is 88.0 cm³/mol. The van der Waals surface area contributed by atoms with E-state index in [-0.39, 0.29) is 0 Å². The molecule has 0 bridgehead atoms. The number of ether oxygens (including phenoxy) is 1. The van der Waals surface area contributed by atoms with Crippen LogP contribution in [-0.4, -0.2) is 19.2 Å². The maximum absolute atomic E-state index is 5.37. The summed E-state index contributed by atoms with van der Waals surface area (Å²) in [6.45, 7) is 2.40. The number of hydrogen-bond acceptors (Lipinski definition) is 2. The molecule has 0 aliphatic heterocycles. The molecule has 0 spiro atoms. The van der Waals surface area contributed by atoms with Crippen molar-refractivity contribution in [2.24, 2.45) is 5.92 Å². The third kappa shape index (κ3) is 3.60. The lowest BCUT2D eigenvalue weighted by Crippen LogP contribution is -2.44. The Morgan fingerprint density at radius 1 is 1.10 bits per heavy atom. The molecule has 0 saturated heterocycles. The van der Waals surface area contributed by atoms with E-state index in [9.17, 15) is 0 Å². The van der Waals surface area contributed by atoms with Gasteiger partial charge in [-0.05, 0) is 68.2 Å². The van der Waals surface area contributed by atoms with Gasteiger partial charge in [-0.2, -0.15) is 0 Å². The van der Waals surface area contributed by atoms with E-state index >= 15 is 0 Å². The number of benzene rings is 1. The fourth-order valence-electron chi connectivity index (χ4n) is 4.14. The van der Waals surface area contributed by atoms with E-state index in [0.29, 0.717) is 12.1 Å². The van der Waals surface area contributed by atoms with Gasteiger partial charge in [0.2, 0.25) is 0 Å². The Morgan fingerprint density at radius 2 is 1.90 bits per heavy atom. The molecule has 3 rings (SSSR count). The number of methoxy groups -OCH3 is 1. The molecule has 1 aromatic rings. The zero-order valence-electron chi connectivity index (χ0n) is 13.5. The first-order valence-electron chi connectivity index (χ1n) is 8.68. The van der Waals surface area contributed by atoms with Crippen LogP contribution in [0.4, 0.5) is 0 Å². The highest BCUT2D eigenvalue weighted by Gasteiger charge is 2.25. The molecule has 2 aliphatic rings. The fraction of sp³-hybridized carbons (Fsp3) is 0.684. The predicted octanol–water partition coefficient (Wildman–Crippen LogP) is 4.11. The van der Waals surface area contributed by atoms with E-state index in [1.54, 1.807) is 7.11 Å². The van der Waals surface area contributed by atoms with Gasteiger partial charge in [-0.25, -0.2) is 0 Å². The van der Waals surface area contributed by atoms with Gasteiger partial charge in [0.1, 0.15) is 5.75 Å². The zero-order valence-corrected chi connectivity index (χ0v) is 13.5. The normalized spacial score (nSPS) is 24.4. The van der Waals surface area contributed by atoms with Gasteiger partial charge in [0.25, 0.3) is 0 Å². The first-order chi connectivity index (χ1) is 10.3. The minimum absolute atomic E-state index is 0.640. The third-order valence-electron chi connectivity index (χ3n) is 5.50. The van der Waals surface area contributed by atoms with Gasteiger partial charge in [-0.3, -0.25) is 0 Å². The van der Waals surface area contributed by atoms with Gasteiger partial charge < -0.3 is 10.1 Å². The Balaban J connectivity index is 1.60. The molecule has 1 unspecified atom stereocenters. The lowest BCUT2D eigenvalue weighted by atomic mass is 9.83. The molecule has 2 nitrogen and oxygen atoms in total. The van der Waals surface area contributed by atoms with Crippen molar-refractivity contribution in [3.05, 3.63) is 29.3 Å². The highest BCUT2D eigenvalue weighted by atomic mass is 16.5. The lowest BCUT2D eigenvalue weighted by Gasteiger charge is -2.34. The molecular weight excluding hydrogens is 258 g/mol. The van der Waals surface area contributed by atoms with Crippen LogP contribution in [0.25, 0.3) is 0 Å². The monoisotopic (exact) mass is 287 g/mol. The second-order valence-corrected chi connectivity index (χ2v) is 6.93. The summed E-state index contributed by atoms with van der Waals surface area (Å²) in [5.74, 6) is 1.89. The summed E-state index contributed by atoms with van der Waals surface area (Å²) in [5.41, 5.74) is 2.99. The van der Waals surface area contributed by atoms with E-state index in [0.717, 1.165) is 18.1 Å². The van der Waals surface area contributed by atoms with Gasteiger partial charge in [-0.15, -0.1) is 0 Å². The maximum atomic E-state index is 5.37. The smallest absolute Gasteiger partial charge is 0.119 e. The Bertz CT molecular complexity index is 465. The summed E-state index contributed by atoms with van der Waals surface area (Å²) < 4.78 is 5.37. The Labute approximate surface area is 129 Å². The van der Waals surface area contributed by atoms with Crippen LogP contribution in [0.15, 0.2) is 18.2 Å². The Morgan fingerprint density at radius 3 is 2.67 bits per heavy atom. The van der Waals surface area contributed by atoms with E-state index in [1.165, 1.54) is 56.1 Å². The first kappa shape index (κ1) is 14.9. The summed E-state index contributed by atoms with van der Waals surface area (Å²) >= 11 is 0. The topological polar surface area (TPSA) is 21.3 Å². The third-order valence-corrected chi connectivity index (χ3v) is 5.50. The minimum Gasteiger partial charge on any atom is -0.497 e. The standard InChI is InChI=1S/C19H29NO/c1-14(15-6-4-3-5-7-15)20-18-10-8-16-9-11-19(21-2)13-17(16)12-18/h9,11,13-15,18,20H,3-8,10,12H2,1-2H3/t14-,18?/m1/s1. The van der Waals surface area contributed by atoms with Crippen molar-refractivity contribution >= 4 is 0 Å². The van der Waals surface area contributed by atoms with Crippen molar-refractivity contribution in [3.63, 3.8) is 0 Å². The van der Waals surface area contributed by atoms with Gasteiger partial charge >= 0.3 is 0 Å². The van der Waals surface area contributed by atoms with Crippen molar-refractivity contribution in [1.29, 1.82) is 0 Å². The average molecular weight is 287 g/mol. The van der Waals surface area contributed by atoms with Crippen molar-refractivity contribution < 1.29 is 4.74 Å². The quantitative estimate of drug-likeness (QED) is 0.900. The first-order valence-corrected chi connectivity index (χ1v) is 8.68. The highest BCUT2D eigenvalue weighted by Crippen LogP contribution is 2.29. The molecule has 0 aromatic heterocycles. The van der Waals surface area contributed by atoms with Crippen molar-refractivity contribution in [2.45, 2.75) is 70.4 Å². The molecule has 1 N–H and O–H groups in total. The van der Waals surface area contributed by atoms with Crippen LogP contribution in [0, 0.1) is 5.92 Å². The van der Waals surface area contributed by atoms with E-state index < -0.39 is 0 Å². The summed E-state index contributed by atoms with van der Waals surface area (Å²) in [4.78, 5) is 0. The van der Waals surface area contributed by atoms with Gasteiger partial charge in [0, 0.05) is 12.1 Å². The number of fused-ring (bicyclic) bond motifs is 1. The molecular formula is C19H29NO. The van der Waals surface area contributed by atoms with Crippen molar-refractivity contribution in [1.82, 2.24) is 5.32 Å². The van der Waals surface area contributed by atoms with Crippen LogP contribution in [0.5, 0.6) is 5.75 Å². The van der Waals surface area contributed by atoms with E-state index in [1.807, 2.05) is 0 Å². The van der Waals surface area contributed by atoms with E-state index in [4.69, 9.17) is 4.74 Å². The number of rotatable bonds is 4. The molecule has 1 aromatic carbocycles. The number of hydrogen-bond donors (Lipinski definition) is 1. The van der Waals surface area contributed by atoms with Gasteiger partial charge in [0.05, 0.1) is 7.11 Å². The van der Waals surface area contributed by atoms with E-state index in [2.05, 4.69) is 30.4 Å². The van der Waals surface area contributed by atoms with Crippen LogP contribution >= 0.6 is 0 Å². The summed E-state index contributed by atoms with van der Waals surface area (Å²) in [6.07, 6.45) is 10.8. The lowest BCUT2D eigenvalue weighted by molar-refractivity contribution is 0.257. The van der Waals surface area contributed by atoms with Crippen LogP contribution in [-0.2, 0) is 12.8 Å². The average Bonchev–Trinajstić information content (AvgIpc) is 2.55. The van der Waals surface area contributed by atoms with Crippen LogP contribution < -0.4 is 10.1 Å². The maximum Gasteiger partial charge on any atom is 0.119 e. The molecule has 1 saturated carbocycles. The molecule has 1 fully saturated rings. The summed E-state index contributed by atoms with van der Waals surface area (Å²) in [6, 6.07) is 7.88. The zero-order chi connectivity index (χ0) is 14.7. The van der Waals surface area contributed by atoms with Gasteiger partial charge in [-0.1, -0.05) is 25.3 Å². The molecule has 2 atom stereocenters. The molecule has 116 valence electrons. The number of aryl methyl sites for hydroxylation is 1. The van der Waals surface area contributed by atoms with Crippen LogP contribution in [0.2, 0.25) is 0 Å². The SMILES string of the molecule is COc1ccc2c(c1)CC(N[C@H](C)C1CCCCC1)CC2. The second kappa shape index (κ2) is 6.83. The van der Waals surface area contributed by atoms with Gasteiger partial charge in [0.15, 0.2) is 0 Å². The minimum atomic E-state index is 0.640. The molecule has 0 amide bonds. The molecule has 2 heteroatoms. The van der Waals surface area contributed by atoms with Crippen molar-refractivity contribution in [2.75, 3.05) is 7.11 Å². The van der Waals surface area contributed by atoms with Crippen LogP contribution in [0.1, 0.15) is 56.6 Å². The Hall–Kier alpha value is -1.02. The molecule has 21 heavy (non-hydrogen) atoms. The molecule has 0 heterocycles. The molecule has 2 aliphatic carbocycles.